The van der Waals surface area contributed by atoms with Gasteiger partial charge in [0.25, 0.3) is 0 Å². The number of benzene rings is 2. The lowest BCUT2D eigenvalue weighted by Gasteiger charge is -2.13. The van der Waals surface area contributed by atoms with Crippen LogP contribution >= 0.6 is 0 Å². The molecule has 0 aliphatic heterocycles. The molecule has 3 rings (SSSR count). The van der Waals surface area contributed by atoms with Crippen LogP contribution in [0, 0.1) is 6.92 Å². The second kappa shape index (κ2) is 5.37. The van der Waals surface area contributed by atoms with E-state index < -0.39 is 10.9 Å². The van der Waals surface area contributed by atoms with Gasteiger partial charge in [0, 0.05) is 6.54 Å². The van der Waals surface area contributed by atoms with Gasteiger partial charge in [-0.2, -0.15) is 0 Å². The van der Waals surface area contributed by atoms with Gasteiger partial charge in [0.15, 0.2) is 0 Å². The molecule has 0 aliphatic rings. The topological polar surface area (TPSA) is 46.2 Å². The van der Waals surface area contributed by atoms with Crippen molar-refractivity contribution < 1.29 is 0 Å². The highest BCUT2D eigenvalue weighted by Crippen LogP contribution is 2.23. The summed E-state index contributed by atoms with van der Waals surface area (Å²) in [6.07, 6.45) is 0. The first-order chi connectivity index (χ1) is 10.2. The fourth-order valence-corrected chi connectivity index (χ4v) is 2.34. The minimum atomic E-state index is -0.430. The summed E-state index contributed by atoms with van der Waals surface area (Å²) in [6, 6.07) is 17.3. The lowest BCUT2D eigenvalue weighted by molar-refractivity contribution is 1.13. The highest BCUT2D eigenvalue weighted by Gasteiger charge is 2.21. The molecule has 104 valence electrons. The summed E-state index contributed by atoms with van der Waals surface area (Å²) < 4.78 is 0. The molecule has 3 heteroatoms. The molecule has 0 bridgehead atoms. The summed E-state index contributed by atoms with van der Waals surface area (Å²) in [6.45, 7) is 2.56. The number of nitrogens with one attached hydrogen (secondary N) is 1. The van der Waals surface area contributed by atoms with Crippen LogP contribution in [0.1, 0.15) is 11.1 Å². The first-order valence-corrected chi connectivity index (χ1v) is 6.85. The van der Waals surface area contributed by atoms with E-state index in [2.05, 4.69) is 5.32 Å². The maximum atomic E-state index is 11.8. The number of aryl methyl sites for hydroxylation is 1. The first-order valence-electron chi connectivity index (χ1n) is 6.85. The quantitative estimate of drug-likeness (QED) is 0.746. The Morgan fingerprint density at radius 3 is 2.19 bits per heavy atom. The Balaban J connectivity index is 1.84. The van der Waals surface area contributed by atoms with Gasteiger partial charge in [0.1, 0.15) is 0 Å². The second-order valence-electron chi connectivity index (χ2n) is 5.11. The van der Waals surface area contributed by atoms with Crippen LogP contribution in [0.4, 0.5) is 5.69 Å². The first kappa shape index (κ1) is 13.3. The third-order valence-corrected chi connectivity index (χ3v) is 3.56. The molecule has 0 saturated carbocycles. The minimum absolute atomic E-state index is 0.410. The standard InChI is InChI=1S/C18H15NO2/c1-12-7-9-13(10-8-12)11-19-16-15(17(20)18(16)21)14-5-3-2-4-6-14/h2-10,19H,11H2,1H3. The zero-order chi connectivity index (χ0) is 14.8. The second-order valence-corrected chi connectivity index (χ2v) is 5.11. The molecule has 0 spiro atoms. The van der Waals surface area contributed by atoms with Crippen molar-refractivity contribution in [3.8, 4) is 11.1 Å². The molecule has 0 heterocycles. The minimum Gasteiger partial charge on any atom is -0.377 e. The Kier molecular flexibility index (Phi) is 3.40. The van der Waals surface area contributed by atoms with E-state index in [-0.39, 0.29) is 0 Å². The predicted octanol–water partition coefficient (Wildman–Crippen LogP) is 2.87. The highest BCUT2D eigenvalue weighted by molar-refractivity contribution is 5.81. The third-order valence-electron chi connectivity index (χ3n) is 3.56. The van der Waals surface area contributed by atoms with Crippen LogP contribution in [0.25, 0.3) is 11.1 Å². The molecule has 3 aromatic rings. The van der Waals surface area contributed by atoms with Crippen molar-refractivity contribution in [3.63, 3.8) is 0 Å². The van der Waals surface area contributed by atoms with Crippen molar-refractivity contribution in [3.05, 3.63) is 86.2 Å². The van der Waals surface area contributed by atoms with E-state index in [4.69, 9.17) is 0 Å². The van der Waals surface area contributed by atoms with Gasteiger partial charge in [-0.15, -0.1) is 0 Å². The van der Waals surface area contributed by atoms with Crippen LogP contribution < -0.4 is 16.2 Å². The summed E-state index contributed by atoms with van der Waals surface area (Å²) in [5.74, 6) is 0. The van der Waals surface area contributed by atoms with Crippen LogP contribution in [0.15, 0.2) is 64.2 Å². The fourth-order valence-electron chi connectivity index (χ4n) is 2.34. The average molecular weight is 277 g/mol. The Labute approximate surface area is 122 Å². The normalized spacial score (nSPS) is 10.7. The maximum Gasteiger partial charge on any atom is 0.250 e. The van der Waals surface area contributed by atoms with Crippen LogP contribution in [-0.4, -0.2) is 0 Å². The van der Waals surface area contributed by atoms with Crippen LogP contribution in [-0.2, 0) is 6.54 Å². The summed E-state index contributed by atoms with van der Waals surface area (Å²) in [4.78, 5) is 23.5. The fraction of sp³-hybridized carbons (Fsp3) is 0.111. The molecule has 1 N–H and O–H groups in total. The van der Waals surface area contributed by atoms with Crippen LogP contribution in [0.2, 0.25) is 0 Å². The Hall–Kier alpha value is -2.68. The Morgan fingerprint density at radius 1 is 0.857 bits per heavy atom. The number of rotatable bonds is 4. The zero-order valence-corrected chi connectivity index (χ0v) is 11.7. The average Bonchev–Trinajstić information content (AvgIpc) is 2.53. The monoisotopic (exact) mass is 277 g/mol. The van der Waals surface area contributed by atoms with E-state index in [1.807, 2.05) is 61.5 Å². The lowest BCUT2D eigenvalue weighted by atomic mass is 9.98. The Bertz CT molecular complexity index is 826. The highest BCUT2D eigenvalue weighted by atomic mass is 16.2. The predicted molar refractivity (Wildman–Crippen MR) is 85.3 cm³/mol. The number of hydrogen-bond donors (Lipinski definition) is 1. The van der Waals surface area contributed by atoms with Gasteiger partial charge in [-0.05, 0) is 18.1 Å². The SMILES string of the molecule is Cc1ccc(CNc2c(-c3ccccc3)c(=O)c2=O)cc1. The largest absolute Gasteiger partial charge is 0.377 e. The van der Waals surface area contributed by atoms with Crippen molar-refractivity contribution >= 4 is 5.69 Å². The summed E-state index contributed by atoms with van der Waals surface area (Å²) in [7, 11) is 0. The van der Waals surface area contributed by atoms with E-state index in [0.717, 1.165) is 11.1 Å². The molecule has 0 unspecified atom stereocenters. The maximum absolute atomic E-state index is 11.8. The van der Waals surface area contributed by atoms with Gasteiger partial charge < -0.3 is 5.32 Å². The van der Waals surface area contributed by atoms with Crippen molar-refractivity contribution in [1.29, 1.82) is 0 Å². The van der Waals surface area contributed by atoms with Crippen molar-refractivity contribution in [2.24, 2.45) is 0 Å². The van der Waals surface area contributed by atoms with Crippen molar-refractivity contribution in [1.82, 2.24) is 0 Å². The van der Waals surface area contributed by atoms with E-state index in [0.29, 0.717) is 17.8 Å². The van der Waals surface area contributed by atoms with Gasteiger partial charge in [-0.25, -0.2) is 0 Å². The Morgan fingerprint density at radius 2 is 1.52 bits per heavy atom. The molecule has 3 nitrogen and oxygen atoms in total. The molecule has 0 aliphatic carbocycles. The van der Waals surface area contributed by atoms with E-state index in [9.17, 15) is 9.59 Å². The van der Waals surface area contributed by atoms with Gasteiger partial charge in [0.2, 0.25) is 10.9 Å². The molecule has 0 aromatic heterocycles. The smallest absolute Gasteiger partial charge is 0.250 e. The summed E-state index contributed by atoms with van der Waals surface area (Å²) >= 11 is 0. The summed E-state index contributed by atoms with van der Waals surface area (Å²) in [5, 5.41) is 3.09. The molecule has 0 atom stereocenters. The van der Waals surface area contributed by atoms with Gasteiger partial charge in [-0.1, -0.05) is 60.2 Å². The third kappa shape index (κ3) is 2.50. The van der Waals surface area contributed by atoms with Crippen LogP contribution in [0.3, 0.4) is 0 Å². The molecule has 3 aromatic carbocycles. The molecule has 0 radical (unpaired) electrons. The van der Waals surface area contributed by atoms with E-state index in [1.54, 1.807) is 0 Å². The summed E-state index contributed by atoms with van der Waals surface area (Å²) in [5.41, 5.74) is 3.13. The molecule has 0 fully saturated rings. The van der Waals surface area contributed by atoms with Gasteiger partial charge >= 0.3 is 0 Å². The molecule has 0 amide bonds. The van der Waals surface area contributed by atoms with Crippen molar-refractivity contribution in [2.45, 2.75) is 13.5 Å². The van der Waals surface area contributed by atoms with Gasteiger partial charge in [-0.3, -0.25) is 9.59 Å². The molecular formula is C18H15NO2. The van der Waals surface area contributed by atoms with Gasteiger partial charge in [0.05, 0.1) is 11.3 Å². The number of hydrogen-bond acceptors (Lipinski definition) is 3. The van der Waals surface area contributed by atoms with E-state index >= 15 is 0 Å². The lowest BCUT2D eigenvalue weighted by Crippen LogP contribution is -2.36. The van der Waals surface area contributed by atoms with Crippen LogP contribution in [0.5, 0.6) is 0 Å². The molecule has 21 heavy (non-hydrogen) atoms. The molecular weight excluding hydrogens is 262 g/mol. The van der Waals surface area contributed by atoms with Crippen molar-refractivity contribution in [2.75, 3.05) is 5.32 Å². The molecule has 0 saturated heterocycles. The number of anilines is 1. The zero-order valence-electron chi connectivity index (χ0n) is 11.7. The van der Waals surface area contributed by atoms with E-state index in [1.165, 1.54) is 5.56 Å².